The van der Waals surface area contributed by atoms with Gasteiger partial charge in [0, 0.05) is 17.7 Å². The SMILES string of the molecule is C[C@@H]1O[C@@H](OC[C@H]2O[C@@H](O)[C@H](O)[C@@H](O)[C@@H]2O)[C@H](O)[C@H](O)[C@H]1Oc1c(-c2ccc(O)c(O)c2)oc2cc(OCCO)cc(O)c2c1=O. The van der Waals surface area contributed by atoms with Gasteiger partial charge in [0.25, 0.3) is 0 Å². The summed E-state index contributed by atoms with van der Waals surface area (Å²) in [6.07, 6.45) is -16.1. The molecule has 46 heavy (non-hydrogen) atoms. The summed E-state index contributed by atoms with van der Waals surface area (Å²) in [7, 11) is 0. The smallest absolute Gasteiger partial charge is 0.239 e. The predicted molar refractivity (Wildman–Crippen MR) is 151 cm³/mol. The van der Waals surface area contributed by atoms with Crippen LogP contribution < -0.4 is 14.9 Å². The minimum atomic E-state index is -1.83. The monoisotopic (exact) mass is 654 g/mol. The molecule has 5 rings (SSSR count). The first kappa shape index (κ1) is 33.6. The van der Waals surface area contributed by atoms with E-state index in [0.29, 0.717) is 0 Å². The Hall–Kier alpha value is -3.75. The van der Waals surface area contributed by atoms with Crippen LogP contribution in [0.15, 0.2) is 39.5 Å². The third-order valence-corrected chi connectivity index (χ3v) is 7.65. The number of ether oxygens (including phenoxy) is 5. The van der Waals surface area contributed by atoms with Crippen molar-refractivity contribution in [3.05, 3.63) is 40.6 Å². The van der Waals surface area contributed by atoms with Crippen molar-refractivity contribution >= 4 is 11.0 Å². The average Bonchev–Trinajstić information content (AvgIpc) is 3.02. The fourth-order valence-electron chi connectivity index (χ4n) is 5.17. The fraction of sp³-hybridized carbons (Fsp3) is 0.483. The molecule has 0 bridgehead atoms. The number of aliphatic hydroxyl groups is 7. The Bertz CT molecular complexity index is 1590. The molecule has 2 aromatic carbocycles. The van der Waals surface area contributed by atoms with Crippen molar-refractivity contribution in [1.82, 2.24) is 0 Å². The lowest BCUT2D eigenvalue weighted by molar-refractivity contribution is -0.320. The highest BCUT2D eigenvalue weighted by atomic mass is 16.7. The molecular formula is C29H34O17. The lowest BCUT2D eigenvalue weighted by Crippen LogP contribution is -2.61. The molecular weight excluding hydrogens is 620 g/mol. The maximum absolute atomic E-state index is 13.8. The first-order valence-electron chi connectivity index (χ1n) is 14.1. The summed E-state index contributed by atoms with van der Waals surface area (Å²) in [6, 6.07) is 5.88. The maximum Gasteiger partial charge on any atom is 0.239 e. The molecule has 0 aliphatic carbocycles. The summed E-state index contributed by atoms with van der Waals surface area (Å²) < 4.78 is 33.4. The summed E-state index contributed by atoms with van der Waals surface area (Å²) in [6.45, 7) is 0.409. The van der Waals surface area contributed by atoms with Gasteiger partial charge in [-0.25, -0.2) is 0 Å². The van der Waals surface area contributed by atoms with Crippen LogP contribution in [0.2, 0.25) is 0 Å². The van der Waals surface area contributed by atoms with Crippen LogP contribution in [0.4, 0.5) is 0 Å². The van der Waals surface area contributed by atoms with Crippen LogP contribution in [0.3, 0.4) is 0 Å². The summed E-state index contributed by atoms with van der Waals surface area (Å²) in [5.41, 5.74) is -1.07. The number of hydrogen-bond donors (Lipinski definition) is 10. The zero-order valence-corrected chi connectivity index (χ0v) is 24.1. The molecule has 3 heterocycles. The molecule has 252 valence electrons. The van der Waals surface area contributed by atoms with Crippen molar-refractivity contribution in [1.29, 1.82) is 0 Å². The summed E-state index contributed by atoms with van der Waals surface area (Å²) >= 11 is 0. The molecule has 17 nitrogen and oxygen atoms in total. The number of benzene rings is 2. The molecule has 0 saturated carbocycles. The van der Waals surface area contributed by atoms with Crippen LogP contribution in [0, 0.1) is 0 Å². The average molecular weight is 655 g/mol. The van der Waals surface area contributed by atoms with Gasteiger partial charge in [-0.3, -0.25) is 4.79 Å². The van der Waals surface area contributed by atoms with Gasteiger partial charge >= 0.3 is 0 Å². The second-order valence-electron chi connectivity index (χ2n) is 10.8. The Balaban J connectivity index is 1.44. The lowest BCUT2D eigenvalue weighted by Gasteiger charge is -2.42. The molecule has 10 N–H and O–H groups in total. The predicted octanol–water partition coefficient (Wildman–Crippen LogP) is -2.02. The topological polar surface area (TPSA) is 279 Å². The zero-order valence-electron chi connectivity index (χ0n) is 24.1. The third-order valence-electron chi connectivity index (χ3n) is 7.65. The van der Waals surface area contributed by atoms with E-state index in [1.807, 2.05) is 0 Å². The highest BCUT2D eigenvalue weighted by Gasteiger charge is 2.48. The Morgan fingerprint density at radius 2 is 1.57 bits per heavy atom. The normalized spacial score (nSPS) is 31.6. The largest absolute Gasteiger partial charge is 0.507 e. The van der Waals surface area contributed by atoms with Crippen LogP contribution in [0.1, 0.15) is 6.92 Å². The molecule has 0 spiro atoms. The van der Waals surface area contributed by atoms with Crippen LogP contribution in [0.5, 0.6) is 28.7 Å². The maximum atomic E-state index is 13.8. The van der Waals surface area contributed by atoms with Crippen molar-refractivity contribution in [2.45, 2.75) is 68.3 Å². The van der Waals surface area contributed by atoms with E-state index in [0.717, 1.165) is 18.2 Å². The van der Waals surface area contributed by atoms with Gasteiger partial charge in [-0.15, -0.1) is 0 Å². The highest BCUT2D eigenvalue weighted by Crippen LogP contribution is 2.40. The summed E-state index contributed by atoms with van der Waals surface area (Å²) in [5.74, 6) is -2.43. The number of phenols is 3. The van der Waals surface area contributed by atoms with E-state index >= 15 is 0 Å². The Labute approximate surface area is 259 Å². The van der Waals surface area contributed by atoms with E-state index in [1.165, 1.54) is 19.1 Å². The van der Waals surface area contributed by atoms with Crippen molar-refractivity contribution in [3.8, 4) is 40.1 Å². The van der Waals surface area contributed by atoms with E-state index in [1.54, 1.807) is 0 Å². The standard InChI is InChI=1S/C29H34O17/c1-10-25(22(37)24(39)29(43-10)42-9-17-19(34)21(36)23(38)28(40)45-17)46-27-20(35)18-15(33)7-12(41-5-4-30)8-16(18)44-26(27)11-2-3-13(31)14(32)6-11/h2-3,6-8,10,17,19,21-25,28-34,36-40H,4-5,9H2,1H3/t10-,17+,19+,21-,22-,23+,24+,25-,28+,29+/m0/s1. The zero-order chi connectivity index (χ0) is 33.4. The van der Waals surface area contributed by atoms with E-state index in [9.17, 15) is 50.8 Å². The van der Waals surface area contributed by atoms with Gasteiger partial charge in [-0.1, -0.05) is 0 Å². The molecule has 3 aromatic rings. The molecule has 0 amide bonds. The van der Waals surface area contributed by atoms with E-state index in [-0.39, 0.29) is 41.3 Å². The second-order valence-corrected chi connectivity index (χ2v) is 10.8. The molecule has 0 unspecified atom stereocenters. The van der Waals surface area contributed by atoms with E-state index in [2.05, 4.69) is 0 Å². The first-order valence-corrected chi connectivity index (χ1v) is 14.1. The van der Waals surface area contributed by atoms with Crippen molar-refractivity contribution in [2.24, 2.45) is 0 Å². The van der Waals surface area contributed by atoms with Crippen LogP contribution in [-0.2, 0) is 14.2 Å². The number of fused-ring (bicyclic) bond motifs is 1. The summed E-state index contributed by atoms with van der Waals surface area (Å²) in [4.78, 5) is 13.8. The van der Waals surface area contributed by atoms with Gasteiger partial charge in [0.2, 0.25) is 11.2 Å². The van der Waals surface area contributed by atoms with Crippen LogP contribution in [0.25, 0.3) is 22.3 Å². The molecule has 2 fully saturated rings. The Kier molecular flexibility index (Phi) is 9.89. The number of rotatable bonds is 9. The minimum Gasteiger partial charge on any atom is -0.507 e. The number of phenolic OH excluding ortho intramolecular Hbond substituents is 3. The van der Waals surface area contributed by atoms with E-state index < -0.39 is 96.4 Å². The minimum absolute atomic E-state index is 0.0339. The van der Waals surface area contributed by atoms with Crippen LogP contribution >= 0.6 is 0 Å². The van der Waals surface area contributed by atoms with Crippen LogP contribution in [-0.4, -0.2) is 132 Å². The first-order chi connectivity index (χ1) is 21.8. The number of aromatic hydroxyl groups is 3. The lowest BCUT2D eigenvalue weighted by atomic mass is 9.98. The summed E-state index contributed by atoms with van der Waals surface area (Å²) in [5, 5.41) is 101. The molecule has 2 aliphatic rings. The number of aliphatic hydroxyl groups excluding tert-OH is 7. The third kappa shape index (κ3) is 6.42. The van der Waals surface area contributed by atoms with Gasteiger partial charge in [-0.05, 0) is 25.1 Å². The van der Waals surface area contributed by atoms with Crippen molar-refractivity contribution < 1.29 is 79.2 Å². The Morgan fingerprint density at radius 1 is 0.826 bits per heavy atom. The second kappa shape index (κ2) is 13.5. The van der Waals surface area contributed by atoms with Crippen molar-refractivity contribution in [2.75, 3.05) is 19.8 Å². The van der Waals surface area contributed by atoms with Gasteiger partial charge in [-0.2, -0.15) is 0 Å². The van der Waals surface area contributed by atoms with Gasteiger partial charge in [0.05, 0.1) is 19.3 Å². The number of hydrogen-bond acceptors (Lipinski definition) is 17. The van der Waals surface area contributed by atoms with Gasteiger partial charge in [0.1, 0.15) is 65.7 Å². The molecule has 1 aromatic heterocycles. The van der Waals surface area contributed by atoms with Gasteiger partial charge in [0.15, 0.2) is 35.9 Å². The molecule has 17 heteroatoms. The fourth-order valence-corrected chi connectivity index (χ4v) is 5.17. The quantitative estimate of drug-likeness (QED) is 0.111. The molecule has 10 atom stereocenters. The van der Waals surface area contributed by atoms with Gasteiger partial charge < -0.3 is 79.2 Å². The molecule has 2 aliphatic heterocycles. The Morgan fingerprint density at radius 3 is 2.26 bits per heavy atom. The molecule has 2 saturated heterocycles. The van der Waals surface area contributed by atoms with Crippen molar-refractivity contribution in [3.63, 3.8) is 0 Å². The van der Waals surface area contributed by atoms with E-state index in [4.69, 9.17) is 33.2 Å². The highest BCUT2D eigenvalue weighted by molar-refractivity contribution is 5.88. The molecule has 0 radical (unpaired) electrons.